The van der Waals surface area contributed by atoms with Crippen molar-refractivity contribution in [3.63, 3.8) is 0 Å². The van der Waals surface area contributed by atoms with Crippen LogP contribution in [0.3, 0.4) is 0 Å². The fraction of sp³-hybridized carbons (Fsp3) is 0.500. The quantitative estimate of drug-likeness (QED) is 0.859. The Bertz CT molecular complexity index is 651. The maximum absolute atomic E-state index is 12.2. The van der Waals surface area contributed by atoms with E-state index in [9.17, 15) is 13.2 Å². The average molecular weight is 332 g/mol. The summed E-state index contributed by atoms with van der Waals surface area (Å²) in [6.07, 6.45) is 1.87. The Balaban J connectivity index is 2.15. The highest BCUT2D eigenvalue weighted by Gasteiger charge is 2.30. The van der Waals surface area contributed by atoms with Gasteiger partial charge in [0.1, 0.15) is 0 Å². The summed E-state index contributed by atoms with van der Waals surface area (Å²) < 4.78 is 28.3. The summed E-state index contributed by atoms with van der Waals surface area (Å²) >= 11 is 0. The van der Waals surface area contributed by atoms with Crippen molar-refractivity contribution in [2.75, 3.05) is 13.2 Å². The SMILES string of the molecule is Cc1ccc(S(=O)(=O)Cl)cc1C(=O)NCC1(C)CCCO1. The Morgan fingerprint density at radius 1 is 1.48 bits per heavy atom. The van der Waals surface area contributed by atoms with E-state index in [2.05, 4.69) is 5.32 Å². The summed E-state index contributed by atoms with van der Waals surface area (Å²) in [6, 6.07) is 4.25. The molecule has 0 aromatic heterocycles. The van der Waals surface area contributed by atoms with Crippen molar-refractivity contribution in [3.8, 4) is 0 Å². The molecule has 0 bridgehead atoms. The van der Waals surface area contributed by atoms with E-state index in [0.717, 1.165) is 12.8 Å². The van der Waals surface area contributed by atoms with E-state index in [1.807, 2.05) is 6.92 Å². The lowest BCUT2D eigenvalue weighted by atomic mass is 10.0. The number of ether oxygens (including phenoxy) is 1. The molecule has 0 spiro atoms. The van der Waals surface area contributed by atoms with Gasteiger partial charge < -0.3 is 10.1 Å². The molecule has 1 atom stereocenters. The molecule has 1 aliphatic heterocycles. The smallest absolute Gasteiger partial charge is 0.261 e. The molecule has 0 saturated carbocycles. The summed E-state index contributed by atoms with van der Waals surface area (Å²) in [5.74, 6) is -0.327. The number of halogens is 1. The largest absolute Gasteiger partial charge is 0.373 e. The van der Waals surface area contributed by atoms with Crippen molar-refractivity contribution in [1.82, 2.24) is 5.32 Å². The van der Waals surface area contributed by atoms with Crippen molar-refractivity contribution in [2.24, 2.45) is 0 Å². The third-order valence-corrected chi connectivity index (χ3v) is 5.01. The van der Waals surface area contributed by atoms with Crippen LogP contribution in [0.5, 0.6) is 0 Å². The monoisotopic (exact) mass is 331 g/mol. The Labute approximate surface area is 129 Å². The lowest BCUT2D eigenvalue weighted by Crippen LogP contribution is -2.40. The molecule has 1 heterocycles. The van der Waals surface area contributed by atoms with E-state index in [1.54, 1.807) is 13.0 Å². The molecule has 0 aliphatic carbocycles. The standard InChI is InChI=1S/C14H18ClNO4S/c1-10-4-5-11(21(15,18)19)8-12(10)13(17)16-9-14(2)6-3-7-20-14/h4-5,8H,3,6-7,9H2,1-2H3,(H,16,17). The van der Waals surface area contributed by atoms with Crippen molar-refractivity contribution in [3.05, 3.63) is 29.3 Å². The second kappa shape index (κ2) is 5.94. The van der Waals surface area contributed by atoms with Gasteiger partial charge in [0.25, 0.3) is 15.0 Å². The molecule has 1 unspecified atom stereocenters. The van der Waals surface area contributed by atoms with Crippen LogP contribution in [-0.2, 0) is 13.8 Å². The molecule has 1 aliphatic rings. The van der Waals surface area contributed by atoms with E-state index in [4.69, 9.17) is 15.4 Å². The molecule has 7 heteroatoms. The number of amides is 1. The number of carbonyl (C=O) groups excluding carboxylic acids is 1. The summed E-state index contributed by atoms with van der Waals surface area (Å²) in [4.78, 5) is 12.2. The number of carbonyl (C=O) groups is 1. The second-order valence-corrected chi connectivity index (χ2v) is 8.07. The van der Waals surface area contributed by atoms with Gasteiger partial charge >= 0.3 is 0 Å². The fourth-order valence-electron chi connectivity index (χ4n) is 2.34. The Morgan fingerprint density at radius 3 is 2.76 bits per heavy atom. The van der Waals surface area contributed by atoms with Crippen molar-refractivity contribution in [2.45, 2.75) is 37.2 Å². The van der Waals surface area contributed by atoms with Gasteiger partial charge in [-0.25, -0.2) is 8.42 Å². The lowest BCUT2D eigenvalue weighted by molar-refractivity contribution is 0.0206. The van der Waals surface area contributed by atoms with Crippen LogP contribution in [0.4, 0.5) is 0 Å². The van der Waals surface area contributed by atoms with Gasteiger partial charge in [0.05, 0.1) is 10.5 Å². The van der Waals surface area contributed by atoms with Gasteiger partial charge in [-0.05, 0) is 44.4 Å². The molecule has 0 radical (unpaired) electrons. The van der Waals surface area contributed by atoms with Crippen LogP contribution in [0.2, 0.25) is 0 Å². The molecule has 2 rings (SSSR count). The highest BCUT2D eigenvalue weighted by Crippen LogP contribution is 2.24. The summed E-state index contributed by atoms with van der Waals surface area (Å²) in [6.45, 7) is 4.79. The molecule has 1 aromatic carbocycles. The first-order valence-corrected chi connectivity index (χ1v) is 9.00. The van der Waals surface area contributed by atoms with Gasteiger partial charge in [0.15, 0.2) is 0 Å². The number of aryl methyl sites for hydroxylation is 1. The highest BCUT2D eigenvalue weighted by atomic mass is 35.7. The molecule has 1 fully saturated rings. The van der Waals surface area contributed by atoms with Crippen LogP contribution in [0.1, 0.15) is 35.7 Å². The third kappa shape index (κ3) is 3.96. The maximum Gasteiger partial charge on any atom is 0.261 e. The number of rotatable bonds is 4. The predicted molar refractivity (Wildman–Crippen MR) is 80.1 cm³/mol. The van der Waals surface area contributed by atoms with E-state index < -0.39 is 9.05 Å². The molecule has 1 aromatic rings. The fourth-order valence-corrected chi connectivity index (χ4v) is 3.11. The minimum Gasteiger partial charge on any atom is -0.373 e. The second-order valence-electron chi connectivity index (χ2n) is 5.50. The number of hydrogen-bond acceptors (Lipinski definition) is 4. The van der Waals surface area contributed by atoms with Crippen LogP contribution in [0.15, 0.2) is 23.1 Å². The zero-order chi connectivity index (χ0) is 15.7. The Hall–Kier alpha value is -1.11. The molecule has 1 amide bonds. The summed E-state index contributed by atoms with van der Waals surface area (Å²) in [7, 11) is 1.46. The maximum atomic E-state index is 12.2. The lowest BCUT2D eigenvalue weighted by Gasteiger charge is -2.23. The van der Waals surface area contributed by atoms with E-state index in [-0.39, 0.29) is 16.4 Å². The minimum atomic E-state index is -3.85. The van der Waals surface area contributed by atoms with Gasteiger partial charge in [-0.3, -0.25) is 4.79 Å². The van der Waals surface area contributed by atoms with Crippen LogP contribution < -0.4 is 5.32 Å². The molecular weight excluding hydrogens is 314 g/mol. The molecule has 21 heavy (non-hydrogen) atoms. The molecule has 116 valence electrons. The summed E-state index contributed by atoms with van der Waals surface area (Å²) in [5, 5.41) is 2.80. The molecular formula is C14H18ClNO4S. The van der Waals surface area contributed by atoms with Crippen molar-refractivity contribution in [1.29, 1.82) is 0 Å². The molecule has 5 nitrogen and oxygen atoms in total. The van der Waals surface area contributed by atoms with E-state index >= 15 is 0 Å². The van der Waals surface area contributed by atoms with Crippen LogP contribution in [-0.4, -0.2) is 33.1 Å². The van der Waals surface area contributed by atoms with Crippen LogP contribution >= 0.6 is 10.7 Å². The zero-order valence-electron chi connectivity index (χ0n) is 12.0. The van der Waals surface area contributed by atoms with Gasteiger partial charge in [0, 0.05) is 29.4 Å². The van der Waals surface area contributed by atoms with Crippen LogP contribution in [0.25, 0.3) is 0 Å². The normalized spacial score (nSPS) is 22.2. The van der Waals surface area contributed by atoms with E-state index in [1.165, 1.54) is 12.1 Å². The van der Waals surface area contributed by atoms with Crippen molar-refractivity contribution < 1.29 is 17.9 Å². The van der Waals surface area contributed by atoms with Crippen LogP contribution in [0, 0.1) is 6.92 Å². The third-order valence-electron chi connectivity index (χ3n) is 3.66. The summed E-state index contributed by atoms with van der Waals surface area (Å²) in [5.41, 5.74) is 0.645. The Kier molecular flexibility index (Phi) is 4.60. The first kappa shape index (κ1) is 16.3. The van der Waals surface area contributed by atoms with Gasteiger partial charge in [-0.15, -0.1) is 0 Å². The molecule has 1 N–H and O–H groups in total. The van der Waals surface area contributed by atoms with Crippen molar-refractivity contribution >= 4 is 25.6 Å². The zero-order valence-corrected chi connectivity index (χ0v) is 13.6. The van der Waals surface area contributed by atoms with Gasteiger partial charge in [0.2, 0.25) is 0 Å². The Morgan fingerprint density at radius 2 is 2.19 bits per heavy atom. The van der Waals surface area contributed by atoms with E-state index in [0.29, 0.717) is 24.3 Å². The predicted octanol–water partition coefficient (Wildman–Crippen LogP) is 2.22. The topological polar surface area (TPSA) is 72.5 Å². The number of hydrogen-bond donors (Lipinski definition) is 1. The first-order valence-electron chi connectivity index (χ1n) is 6.69. The molecule has 1 saturated heterocycles. The highest BCUT2D eigenvalue weighted by molar-refractivity contribution is 8.13. The van der Waals surface area contributed by atoms with Gasteiger partial charge in [-0.2, -0.15) is 0 Å². The van der Waals surface area contributed by atoms with Gasteiger partial charge in [-0.1, -0.05) is 6.07 Å². The first-order chi connectivity index (χ1) is 9.71. The number of nitrogens with one attached hydrogen (secondary N) is 1. The average Bonchev–Trinajstić information content (AvgIpc) is 2.83. The number of benzene rings is 1. The minimum absolute atomic E-state index is 0.0803.